The maximum Gasteiger partial charge on any atom is 0.261 e. The lowest BCUT2D eigenvalue weighted by Gasteiger charge is -2.10. The van der Waals surface area contributed by atoms with Crippen molar-refractivity contribution < 1.29 is 13.2 Å². The third-order valence-corrected chi connectivity index (χ3v) is 5.43. The SMILES string of the molecule is CCc1ccc(NS(=O)(=O)c2cccc(C(=O)Nc3ccccc3)c2)cc1. The van der Waals surface area contributed by atoms with Gasteiger partial charge in [0, 0.05) is 16.9 Å². The third-order valence-electron chi connectivity index (χ3n) is 4.05. The smallest absolute Gasteiger partial charge is 0.261 e. The topological polar surface area (TPSA) is 75.3 Å². The molecule has 3 aromatic rings. The highest BCUT2D eigenvalue weighted by molar-refractivity contribution is 7.92. The van der Waals surface area contributed by atoms with Crippen LogP contribution in [0, 0.1) is 0 Å². The van der Waals surface area contributed by atoms with Crippen molar-refractivity contribution in [1.82, 2.24) is 0 Å². The van der Waals surface area contributed by atoms with E-state index in [0.29, 0.717) is 11.4 Å². The number of rotatable bonds is 6. The molecule has 0 aromatic heterocycles. The van der Waals surface area contributed by atoms with Crippen molar-refractivity contribution >= 4 is 27.3 Å². The summed E-state index contributed by atoms with van der Waals surface area (Å²) in [5.74, 6) is -0.370. The van der Waals surface area contributed by atoms with Crippen LogP contribution < -0.4 is 10.0 Å². The van der Waals surface area contributed by atoms with Crippen LogP contribution in [0.5, 0.6) is 0 Å². The van der Waals surface area contributed by atoms with Crippen molar-refractivity contribution in [3.8, 4) is 0 Å². The highest BCUT2D eigenvalue weighted by atomic mass is 32.2. The second-order valence-electron chi connectivity index (χ2n) is 6.00. The summed E-state index contributed by atoms with van der Waals surface area (Å²) in [4.78, 5) is 12.4. The van der Waals surface area contributed by atoms with Gasteiger partial charge in [-0.2, -0.15) is 0 Å². The second kappa shape index (κ2) is 8.05. The fourth-order valence-corrected chi connectivity index (χ4v) is 3.66. The fraction of sp³-hybridized carbons (Fsp3) is 0.0952. The molecule has 0 unspecified atom stereocenters. The van der Waals surface area contributed by atoms with Crippen molar-refractivity contribution in [2.45, 2.75) is 18.2 Å². The first-order valence-electron chi connectivity index (χ1n) is 8.56. The van der Waals surface area contributed by atoms with Gasteiger partial charge in [0.1, 0.15) is 0 Å². The summed E-state index contributed by atoms with van der Waals surface area (Å²) in [6.45, 7) is 2.03. The minimum Gasteiger partial charge on any atom is -0.322 e. The Kier molecular flexibility index (Phi) is 5.57. The number of aryl methyl sites for hydroxylation is 1. The van der Waals surface area contributed by atoms with E-state index in [9.17, 15) is 13.2 Å². The van der Waals surface area contributed by atoms with E-state index in [0.717, 1.165) is 12.0 Å². The standard InChI is InChI=1S/C21H20N2O3S/c1-2-16-11-13-19(14-12-16)23-27(25,26)20-10-6-7-17(15-20)21(24)22-18-8-4-3-5-9-18/h3-15,23H,2H2,1H3,(H,22,24). The molecule has 138 valence electrons. The van der Waals surface area contributed by atoms with Crippen LogP contribution >= 0.6 is 0 Å². The minimum absolute atomic E-state index is 0.0304. The molecule has 3 aromatic carbocycles. The maximum atomic E-state index is 12.6. The lowest BCUT2D eigenvalue weighted by Crippen LogP contribution is -2.16. The lowest BCUT2D eigenvalue weighted by molar-refractivity contribution is 0.102. The van der Waals surface area contributed by atoms with Gasteiger partial charge in [-0.3, -0.25) is 9.52 Å². The Morgan fingerprint density at radius 3 is 2.22 bits per heavy atom. The first-order valence-corrected chi connectivity index (χ1v) is 10.0. The van der Waals surface area contributed by atoms with Crippen molar-refractivity contribution in [2.75, 3.05) is 10.0 Å². The molecule has 0 fully saturated rings. The van der Waals surface area contributed by atoms with Crippen molar-refractivity contribution in [3.05, 3.63) is 90.0 Å². The van der Waals surface area contributed by atoms with Gasteiger partial charge in [-0.25, -0.2) is 8.42 Å². The van der Waals surface area contributed by atoms with Crippen LogP contribution in [0.4, 0.5) is 11.4 Å². The number of amides is 1. The summed E-state index contributed by atoms with van der Waals surface area (Å²) < 4.78 is 27.8. The molecule has 2 N–H and O–H groups in total. The van der Waals surface area contributed by atoms with Gasteiger partial charge in [-0.15, -0.1) is 0 Å². The molecule has 0 aliphatic heterocycles. The fourth-order valence-electron chi connectivity index (χ4n) is 2.55. The van der Waals surface area contributed by atoms with Gasteiger partial charge in [0.15, 0.2) is 0 Å². The van der Waals surface area contributed by atoms with Gasteiger partial charge in [0.25, 0.3) is 15.9 Å². The normalized spacial score (nSPS) is 11.0. The molecule has 0 spiro atoms. The summed E-state index contributed by atoms with van der Waals surface area (Å²) in [5, 5.41) is 2.75. The van der Waals surface area contributed by atoms with Crippen LogP contribution in [-0.2, 0) is 16.4 Å². The van der Waals surface area contributed by atoms with Gasteiger partial charge in [0.05, 0.1) is 4.90 Å². The number of para-hydroxylation sites is 1. The molecule has 1 amide bonds. The van der Waals surface area contributed by atoms with Crippen LogP contribution in [0.15, 0.2) is 83.8 Å². The van der Waals surface area contributed by atoms with Crippen LogP contribution in [0.2, 0.25) is 0 Å². The number of anilines is 2. The zero-order chi connectivity index (χ0) is 19.3. The van der Waals surface area contributed by atoms with E-state index in [1.54, 1.807) is 36.4 Å². The number of hydrogen-bond donors (Lipinski definition) is 2. The van der Waals surface area contributed by atoms with Crippen molar-refractivity contribution in [3.63, 3.8) is 0 Å². The van der Waals surface area contributed by atoms with E-state index in [2.05, 4.69) is 10.0 Å². The van der Waals surface area contributed by atoms with E-state index in [1.807, 2.05) is 37.3 Å². The first-order chi connectivity index (χ1) is 13.0. The average molecular weight is 380 g/mol. The van der Waals surface area contributed by atoms with Gasteiger partial charge < -0.3 is 5.32 Å². The summed E-state index contributed by atoms with van der Waals surface area (Å²) in [6.07, 6.45) is 0.881. The molecule has 0 radical (unpaired) electrons. The number of nitrogens with one attached hydrogen (secondary N) is 2. The van der Waals surface area contributed by atoms with E-state index in [-0.39, 0.29) is 16.4 Å². The lowest BCUT2D eigenvalue weighted by atomic mass is 10.2. The average Bonchev–Trinajstić information content (AvgIpc) is 2.69. The van der Waals surface area contributed by atoms with Crippen molar-refractivity contribution in [2.24, 2.45) is 0 Å². The molecule has 6 heteroatoms. The minimum atomic E-state index is -3.79. The van der Waals surface area contributed by atoms with Crippen molar-refractivity contribution in [1.29, 1.82) is 0 Å². The number of sulfonamides is 1. The summed E-state index contributed by atoms with van der Waals surface area (Å²) in [7, 11) is -3.79. The largest absolute Gasteiger partial charge is 0.322 e. The third kappa shape index (κ3) is 4.74. The molecule has 5 nitrogen and oxygen atoms in total. The number of carbonyl (C=O) groups excluding carboxylic acids is 1. The summed E-state index contributed by atoms with van der Waals surface area (Å²) >= 11 is 0. The molecule has 3 rings (SSSR count). The highest BCUT2D eigenvalue weighted by Gasteiger charge is 2.16. The maximum absolute atomic E-state index is 12.6. The Balaban J connectivity index is 1.79. The molecular weight excluding hydrogens is 360 g/mol. The molecule has 27 heavy (non-hydrogen) atoms. The summed E-state index contributed by atoms with van der Waals surface area (Å²) in [5.41, 5.74) is 2.51. The van der Waals surface area contributed by atoms with Gasteiger partial charge in [-0.05, 0) is 54.4 Å². The van der Waals surface area contributed by atoms with E-state index in [4.69, 9.17) is 0 Å². The quantitative estimate of drug-likeness (QED) is 0.669. The molecule has 0 bridgehead atoms. The van der Waals surface area contributed by atoms with Gasteiger partial charge in [-0.1, -0.05) is 43.3 Å². The molecule has 0 saturated heterocycles. The molecule has 0 saturated carbocycles. The Bertz CT molecular complexity index is 1030. The van der Waals surface area contributed by atoms with Gasteiger partial charge >= 0.3 is 0 Å². The highest BCUT2D eigenvalue weighted by Crippen LogP contribution is 2.19. The monoisotopic (exact) mass is 380 g/mol. The Morgan fingerprint density at radius 2 is 1.56 bits per heavy atom. The van der Waals surface area contributed by atoms with Gasteiger partial charge in [0.2, 0.25) is 0 Å². The van der Waals surface area contributed by atoms with E-state index >= 15 is 0 Å². The zero-order valence-corrected chi connectivity index (χ0v) is 15.7. The predicted octanol–water partition coefficient (Wildman–Crippen LogP) is 4.30. The molecular formula is C21H20N2O3S. The molecule has 0 atom stereocenters. The Hall–Kier alpha value is -3.12. The molecule has 0 heterocycles. The van der Waals surface area contributed by atoms with Crippen LogP contribution in [0.1, 0.15) is 22.8 Å². The summed E-state index contributed by atoms with van der Waals surface area (Å²) in [6, 6.07) is 22.1. The Labute approximate surface area is 159 Å². The first kappa shape index (κ1) is 18.7. The number of hydrogen-bond acceptors (Lipinski definition) is 3. The van der Waals surface area contributed by atoms with E-state index < -0.39 is 10.0 Å². The second-order valence-corrected chi connectivity index (χ2v) is 7.69. The number of benzene rings is 3. The zero-order valence-electron chi connectivity index (χ0n) is 14.8. The van der Waals surface area contributed by atoms with Crippen LogP contribution in [0.3, 0.4) is 0 Å². The van der Waals surface area contributed by atoms with E-state index in [1.165, 1.54) is 12.1 Å². The predicted molar refractivity (Wildman–Crippen MR) is 107 cm³/mol. The number of carbonyl (C=O) groups is 1. The molecule has 0 aliphatic rings. The van der Waals surface area contributed by atoms with Crippen LogP contribution in [0.25, 0.3) is 0 Å². The Morgan fingerprint density at radius 1 is 0.852 bits per heavy atom. The van der Waals surface area contributed by atoms with Crippen LogP contribution in [-0.4, -0.2) is 14.3 Å². The molecule has 0 aliphatic carbocycles.